The number of methoxy groups -OCH3 is 1. The number of fused-ring (bicyclic) bond motifs is 2. The van der Waals surface area contributed by atoms with E-state index in [-0.39, 0.29) is 74.5 Å². The zero-order valence-electron chi connectivity index (χ0n) is 25.0. The predicted molar refractivity (Wildman–Crippen MR) is 138 cm³/mol. The van der Waals surface area contributed by atoms with E-state index in [9.17, 15) is 19.8 Å². The number of ether oxygens (including phenoxy) is 5. The summed E-state index contributed by atoms with van der Waals surface area (Å²) in [6, 6.07) is 16.2. The molecule has 2 N–H and O–H groups in total. The van der Waals surface area contributed by atoms with Crippen LogP contribution in [0, 0.1) is 5.92 Å². The molecule has 0 amide bonds. The van der Waals surface area contributed by atoms with Gasteiger partial charge in [0.25, 0.3) is 0 Å². The quantitative estimate of drug-likeness (QED) is 0.294. The Morgan fingerprint density at radius 3 is 2.30 bits per heavy atom. The number of hydrogen-bond donors (Lipinski definition) is 2. The van der Waals surface area contributed by atoms with Crippen LogP contribution in [0.2, 0.25) is 0 Å². The van der Waals surface area contributed by atoms with E-state index in [1.54, 1.807) is 24.3 Å². The van der Waals surface area contributed by atoms with E-state index in [0.717, 1.165) is 23.1 Å². The Morgan fingerprint density at radius 1 is 0.875 bits per heavy atom. The van der Waals surface area contributed by atoms with E-state index in [1.807, 2.05) is 37.3 Å². The molecule has 1 heterocycles. The minimum atomic E-state index is -1.14. The molecule has 0 unspecified atom stereocenters. The van der Waals surface area contributed by atoms with Gasteiger partial charge in [-0.15, -0.1) is 0 Å². The molecule has 0 spiro atoms. The molecular weight excluding hydrogens is 538 g/mol. The van der Waals surface area contributed by atoms with Crippen molar-refractivity contribution in [1.29, 1.82) is 0 Å². The van der Waals surface area contributed by atoms with Gasteiger partial charge in [-0.05, 0) is 53.4 Å². The fourth-order valence-electron chi connectivity index (χ4n) is 5.30. The summed E-state index contributed by atoms with van der Waals surface area (Å²) < 4.78 is 27.9. The van der Waals surface area contributed by atoms with Gasteiger partial charge >= 0.3 is 71.1 Å². The maximum absolute atomic E-state index is 13.0. The van der Waals surface area contributed by atoms with Crippen molar-refractivity contribution in [2.45, 2.75) is 25.2 Å². The van der Waals surface area contributed by atoms with Crippen LogP contribution >= 0.6 is 0 Å². The molecule has 1 aliphatic heterocycles. The van der Waals surface area contributed by atoms with Crippen molar-refractivity contribution in [2.24, 2.45) is 5.92 Å². The van der Waals surface area contributed by atoms with Crippen molar-refractivity contribution in [3.8, 4) is 28.7 Å². The summed E-state index contributed by atoms with van der Waals surface area (Å²) in [5.74, 6) is -1.72. The molecule has 0 aromatic heterocycles. The molecule has 2 aliphatic rings. The molecule has 1 aliphatic carbocycles. The number of carboxylic acid groups (broad SMARTS) is 2. The first-order valence-electron chi connectivity index (χ1n) is 12.3. The largest absolute Gasteiger partial charge is 1.00 e. The van der Waals surface area contributed by atoms with Crippen LogP contribution in [0.15, 0.2) is 54.6 Å². The monoisotopic (exact) mass is 568 g/mol. The molecule has 3 aromatic rings. The van der Waals surface area contributed by atoms with Crippen LogP contribution in [0.25, 0.3) is 0 Å². The van der Waals surface area contributed by atoms with E-state index in [2.05, 4.69) is 0 Å². The SMILES string of the molecule is CCCOc1ccc2c(c1)[C@@H](c1ccc(OC)cc1OCC(=O)O)[C@H](C(=O)O)[C@H]2c1ccc2c(c1)OCO2.[H-].[H-].[Na+].[Na+]. The van der Waals surface area contributed by atoms with E-state index < -0.39 is 36.3 Å². The van der Waals surface area contributed by atoms with Crippen molar-refractivity contribution in [3.05, 3.63) is 76.9 Å². The van der Waals surface area contributed by atoms with Crippen molar-refractivity contribution in [1.82, 2.24) is 0 Å². The summed E-state index contributed by atoms with van der Waals surface area (Å²) in [7, 11) is 1.49. The second-order valence-corrected chi connectivity index (χ2v) is 9.16. The third-order valence-corrected chi connectivity index (χ3v) is 6.87. The molecule has 5 rings (SSSR count). The molecule has 3 atom stereocenters. The summed E-state index contributed by atoms with van der Waals surface area (Å²) >= 11 is 0. The number of carboxylic acids is 2. The van der Waals surface area contributed by atoms with E-state index in [1.165, 1.54) is 7.11 Å². The molecule has 40 heavy (non-hydrogen) atoms. The molecular formula is C29H30Na2O9. The van der Waals surface area contributed by atoms with E-state index >= 15 is 0 Å². The Bertz CT molecular complexity index is 1390. The summed E-state index contributed by atoms with van der Waals surface area (Å²) in [6.45, 7) is 2.06. The Hall–Kier alpha value is -2.40. The van der Waals surface area contributed by atoms with Crippen LogP contribution in [-0.4, -0.2) is 49.3 Å². The number of aliphatic carboxylic acids is 2. The summed E-state index contributed by atoms with van der Waals surface area (Å²) in [6.07, 6.45) is 0.823. The Kier molecular flexibility index (Phi) is 11.2. The molecule has 3 aromatic carbocycles. The van der Waals surface area contributed by atoms with Gasteiger partial charge in [-0.3, -0.25) is 4.79 Å². The van der Waals surface area contributed by atoms with Crippen LogP contribution in [-0.2, 0) is 9.59 Å². The maximum Gasteiger partial charge on any atom is 1.00 e. The number of rotatable bonds is 10. The zero-order chi connectivity index (χ0) is 26.8. The third kappa shape index (κ3) is 6.40. The first-order valence-corrected chi connectivity index (χ1v) is 12.3. The smallest absolute Gasteiger partial charge is 1.00 e. The molecule has 0 saturated heterocycles. The molecule has 202 valence electrons. The average molecular weight is 569 g/mol. The van der Waals surface area contributed by atoms with Crippen molar-refractivity contribution < 1.29 is 105 Å². The van der Waals surface area contributed by atoms with Crippen molar-refractivity contribution in [3.63, 3.8) is 0 Å². The first kappa shape index (κ1) is 32.1. The van der Waals surface area contributed by atoms with Crippen molar-refractivity contribution in [2.75, 3.05) is 27.1 Å². The summed E-state index contributed by atoms with van der Waals surface area (Å²) in [4.78, 5) is 24.3. The Morgan fingerprint density at radius 2 is 1.60 bits per heavy atom. The van der Waals surface area contributed by atoms with Gasteiger partial charge in [-0.2, -0.15) is 0 Å². The number of benzene rings is 3. The second kappa shape index (κ2) is 14.0. The minimum Gasteiger partial charge on any atom is -1.00 e. The fourth-order valence-corrected chi connectivity index (χ4v) is 5.30. The normalized spacial score (nSPS) is 18.1. The van der Waals surface area contributed by atoms with Crippen LogP contribution in [0.4, 0.5) is 0 Å². The van der Waals surface area contributed by atoms with E-state index in [0.29, 0.717) is 35.2 Å². The molecule has 9 nitrogen and oxygen atoms in total. The average Bonchev–Trinajstić information content (AvgIpc) is 3.52. The zero-order valence-corrected chi connectivity index (χ0v) is 27.0. The topological polar surface area (TPSA) is 121 Å². The third-order valence-electron chi connectivity index (χ3n) is 6.87. The van der Waals surface area contributed by atoms with Gasteiger partial charge in [0.15, 0.2) is 18.1 Å². The van der Waals surface area contributed by atoms with Gasteiger partial charge in [0, 0.05) is 23.5 Å². The van der Waals surface area contributed by atoms with Gasteiger partial charge in [-0.25, -0.2) is 4.79 Å². The number of carbonyl (C=O) groups is 2. The molecule has 0 bridgehead atoms. The number of hydrogen-bond acceptors (Lipinski definition) is 7. The van der Waals surface area contributed by atoms with Crippen molar-refractivity contribution >= 4 is 11.9 Å². The second-order valence-electron chi connectivity index (χ2n) is 9.16. The first-order chi connectivity index (χ1) is 18.4. The standard InChI is InChI=1S/C29H28O9.2Na.2H/c1-3-10-35-18-6-7-19-21(12-18)27(20-8-5-17(34-2)13-23(20)36-14-25(30)31)28(29(32)33)26(19)16-4-9-22-24(11-16)38-15-37-22;;;;/h4-9,11-13,26-28H,3,10,14-15H2,1-2H3,(H,30,31)(H,32,33);;;;/q;2*+1;2*-1/t26-,27+,28+;;;;/m0..../s1. The predicted octanol–water partition coefficient (Wildman–Crippen LogP) is -1.11. The molecule has 0 saturated carbocycles. The molecule has 0 radical (unpaired) electrons. The van der Waals surface area contributed by atoms with Crippen LogP contribution in [0.3, 0.4) is 0 Å². The fraction of sp³-hybridized carbons (Fsp3) is 0.310. The maximum atomic E-state index is 13.0. The van der Waals surface area contributed by atoms with Gasteiger partial charge in [0.2, 0.25) is 6.79 Å². The van der Waals surface area contributed by atoms with Crippen LogP contribution in [0.1, 0.15) is 50.3 Å². The van der Waals surface area contributed by atoms with Gasteiger partial charge in [0.1, 0.15) is 17.2 Å². The summed E-state index contributed by atoms with van der Waals surface area (Å²) in [5, 5.41) is 19.9. The van der Waals surface area contributed by atoms with Gasteiger partial charge in [0.05, 0.1) is 19.6 Å². The van der Waals surface area contributed by atoms with Gasteiger partial charge in [-0.1, -0.05) is 25.1 Å². The molecule has 11 heteroatoms. The molecule has 0 fully saturated rings. The van der Waals surface area contributed by atoms with Crippen LogP contribution in [0.5, 0.6) is 28.7 Å². The Balaban J connectivity index is 0.00000220. The van der Waals surface area contributed by atoms with E-state index in [4.69, 9.17) is 23.7 Å². The minimum absolute atomic E-state index is 0. The van der Waals surface area contributed by atoms with Crippen LogP contribution < -0.4 is 82.8 Å². The van der Waals surface area contributed by atoms with Gasteiger partial charge < -0.3 is 36.8 Å². The summed E-state index contributed by atoms with van der Waals surface area (Å²) in [5.41, 5.74) is 2.94. The Labute approximate surface area is 279 Å².